The van der Waals surface area contributed by atoms with Crippen molar-refractivity contribution in [3.63, 3.8) is 0 Å². The summed E-state index contributed by atoms with van der Waals surface area (Å²) >= 11 is 0. The first-order chi connectivity index (χ1) is 9.72. The van der Waals surface area contributed by atoms with Crippen LogP contribution in [0.5, 0.6) is 0 Å². The van der Waals surface area contributed by atoms with Crippen molar-refractivity contribution in [2.45, 2.75) is 51.0 Å². The Morgan fingerprint density at radius 3 is 2.25 bits per heavy atom. The third kappa shape index (κ3) is 9.27. The first kappa shape index (κ1) is 18.3. The normalized spacial score (nSPS) is 22.8. The van der Waals surface area contributed by atoms with Crippen LogP contribution in [0.2, 0.25) is 0 Å². The molecule has 6 heteroatoms. The predicted octanol–water partition coefficient (Wildman–Crippen LogP) is 1.08. The molecule has 2 aliphatic rings. The Balaban J connectivity index is 0.000000345. The van der Waals surface area contributed by atoms with Crippen molar-refractivity contribution >= 4 is 18.3 Å². The molecule has 1 atom stereocenters. The fourth-order valence-corrected chi connectivity index (χ4v) is 1.85. The van der Waals surface area contributed by atoms with Gasteiger partial charge >= 0.3 is 0 Å². The standard InChI is InChI=1S/C9H14O2.C4H5NO2.CH4O/c10-8-11-9-6-4-2-1-3-5-7-9;6-3-1-2-4(7)5-3;1-2/h1-2,8-9H,3-7H2;1-2H2,(H,5,6,7);2H,1H3/b2-1+;;. The second-order valence-corrected chi connectivity index (χ2v) is 4.31. The zero-order valence-electron chi connectivity index (χ0n) is 11.8. The number of ether oxygens (including phenoxy) is 1. The van der Waals surface area contributed by atoms with Crippen molar-refractivity contribution in [2.75, 3.05) is 7.11 Å². The van der Waals surface area contributed by atoms with Gasteiger partial charge in [-0.05, 0) is 32.1 Å². The molecule has 0 radical (unpaired) electrons. The van der Waals surface area contributed by atoms with Gasteiger partial charge in [-0.2, -0.15) is 0 Å². The van der Waals surface area contributed by atoms with Crippen LogP contribution in [-0.2, 0) is 19.1 Å². The van der Waals surface area contributed by atoms with Gasteiger partial charge in [0.1, 0.15) is 6.10 Å². The summed E-state index contributed by atoms with van der Waals surface area (Å²) in [5.41, 5.74) is 0. The molecule has 1 fully saturated rings. The average molecular weight is 285 g/mol. The summed E-state index contributed by atoms with van der Waals surface area (Å²) in [5.74, 6) is -0.296. The van der Waals surface area contributed by atoms with Crippen LogP contribution in [0.4, 0.5) is 0 Å². The van der Waals surface area contributed by atoms with Crippen molar-refractivity contribution in [3.8, 4) is 0 Å². The molecule has 1 aliphatic heterocycles. The SMILES string of the molecule is CO.O=C1CCC(=O)N1.O=COC1CC/C=C/CCC1. The molecule has 0 aromatic rings. The highest BCUT2D eigenvalue weighted by molar-refractivity contribution is 6.01. The van der Waals surface area contributed by atoms with Crippen LogP contribution >= 0.6 is 0 Å². The van der Waals surface area contributed by atoms with Crippen molar-refractivity contribution < 1.29 is 24.2 Å². The Morgan fingerprint density at radius 1 is 1.15 bits per heavy atom. The summed E-state index contributed by atoms with van der Waals surface area (Å²) in [4.78, 5) is 30.3. The van der Waals surface area contributed by atoms with Crippen molar-refractivity contribution in [1.82, 2.24) is 5.32 Å². The highest BCUT2D eigenvalue weighted by Gasteiger charge is 2.15. The first-order valence-corrected chi connectivity index (χ1v) is 6.74. The molecule has 114 valence electrons. The van der Waals surface area contributed by atoms with Gasteiger partial charge in [0.05, 0.1) is 0 Å². The second-order valence-electron chi connectivity index (χ2n) is 4.31. The number of imide groups is 1. The summed E-state index contributed by atoms with van der Waals surface area (Å²) < 4.78 is 4.90. The number of amides is 2. The number of rotatable bonds is 2. The van der Waals surface area contributed by atoms with Crippen LogP contribution in [0.15, 0.2) is 12.2 Å². The number of nitrogens with one attached hydrogen (secondary N) is 1. The van der Waals surface area contributed by atoms with Crippen LogP contribution in [-0.4, -0.2) is 36.6 Å². The van der Waals surface area contributed by atoms with Gasteiger partial charge in [0.2, 0.25) is 11.8 Å². The van der Waals surface area contributed by atoms with E-state index in [1.54, 1.807) is 0 Å². The monoisotopic (exact) mass is 285 g/mol. The molecule has 0 aromatic carbocycles. The summed E-state index contributed by atoms with van der Waals surface area (Å²) in [6, 6.07) is 0. The number of aliphatic hydroxyl groups excluding tert-OH is 1. The van der Waals surface area contributed by atoms with Crippen LogP contribution in [0.3, 0.4) is 0 Å². The molecular formula is C14H23NO5. The average Bonchev–Trinajstić information content (AvgIpc) is 2.80. The van der Waals surface area contributed by atoms with Gasteiger partial charge in [0.15, 0.2) is 0 Å². The number of aliphatic hydroxyl groups is 1. The van der Waals surface area contributed by atoms with E-state index in [2.05, 4.69) is 17.5 Å². The maximum Gasteiger partial charge on any atom is 0.293 e. The lowest BCUT2D eigenvalue weighted by Crippen LogP contribution is -2.18. The Kier molecular flexibility index (Phi) is 11.3. The third-order valence-electron chi connectivity index (χ3n) is 2.82. The van der Waals surface area contributed by atoms with Gasteiger partial charge in [-0.15, -0.1) is 0 Å². The zero-order chi connectivity index (χ0) is 15.2. The minimum absolute atomic E-state index is 0.148. The van der Waals surface area contributed by atoms with E-state index in [4.69, 9.17) is 9.84 Å². The van der Waals surface area contributed by atoms with Crippen LogP contribution in [0.25, 0.3) is 0 Å². The summed E-state index contributed by atoms with van der Waals surface area (Å²) in [6.07, 6.45) is 10.6. The first-order valence-electron chi connectivity index (χ1n) is 6.74. The van der Waals surface area contributed by atoms with E-state index in [-0.39, 0.29) is 17.9 Å². The summed E-state index contributed by atoms with van der Waals surface area (Å²) in [6.45, 7) is 0.565. The topological polar surface area (TPSA) is 92.7 Å². The van der Waals surface area contributed by atoms with Crippen molar-refractivity contribution in [3.05, 3.63) is 12.2 Å². The van der Waals surface area contributed by atoms with Gasteiger partial charge in [-0.1, -0.05) is 12.2 Å². The third-order valence-corrected chi connectivity index (χ3v) is 2.82. The summed E-state index contributed by atoms with van der Waals surface area (Å²) in [5, 5.41) is 9.14. The quantitative estimate of drug-likeness (QED) is 0.450. The molecule has 1 saturated heterocycles. The fourth-order valence-electron chi connectivity index (χ4n) is 1.85. The molecule has 1 unspecified atom stereocenters. The molecule has 2 N–H and O–H groups in total. The van der Waals surface area contributed by atoms with E-state index >= 15 is 0 Å². The minimum atomic E-state index is -0.148. The Morgan fingerprint density at radius 2 is 1.75 bits per heavy atom. The van der Waals surface area contributed by atoms with E-state index in [0.717, 1.165) is 39.2 Å². The van der Waals surface area contributed by atoms with E-state index in [1.165, 1.54) is 0 Å². The lowest BCUT2D eigenvalue weighted by atomic mass is 10.0. The van der Waals surface area contributed by atoms with Gasteiger partial charge in [-0.25, -0.2) is 0 Å². The molecule has 1 heterocycles. The largest absolute Gasteiger partial charge is 0.465 e. The molecule has 1 aliphatic carbocycles. The Bertz CT molecular complexity index is 314. The van der Waals surface area contributed by atoms with E-state index in [0.29, 0.717) is 19.3 Å². The Labute approximate surface area is 119 Å². The number of allylic oxidation sites excluding steroid dienone is 2. The summed E-state index contributed by atoms with van der Waals surface area (Å²) in [7, 11) is 1.00. The lowest BCUT2D eigenvalue weighted by Gasteiger charge is -2.14. The lowest BCUT2D eigenvalue weighted by molar-refractivity contribution is -0.134. The second kappa shape index (κ2) is 12.3. The maximum atomic E-state index is 10.1. The van der Waals surface area contributed by atoms with Gasteiger partial charge in [-0.3, -0.25) is 19.7 Å². The zero-order valence-corrected chi connectivity index (χ0v) is 11.8. The molecular weight excluding hydrogens is 262 g/mol. The minimum Gasteiger partial charge on any atom is -0.465 e. The number of hydrogen-bond acceptors (Lipinski definition) is 5. The predicted molar refractivity (Wildman–Crippen MR) is 73.7 cm³/mol. The number of carbonyl (C=O) groups is 3. The number of hydrogen-bond donors (Lipinski definition) is 2. The van der Waals surface area contributed by atoms with E-state index in [1.807, 2.05) is 0 Å². The van der Waals surface area contributed by atoms with Crippen molar-refractivity contribution in [2.24, 2.45) is 0 Å². The van der Waals surface area contributed by atoms with E-state index in [9.17, 15) is 14.4 Å². The molecule has 2 amide bonds. The van der Waals surface area contributed by atoms with Crippen LogP contribution in [0.1, 0.15) is 44.9 Å². The highest BCUT2D eigenvalue weighted by Crippen LogP contribution is 2.14. The van der Waals surface area contributed by atoms with Crippen LogP contribution < -0.4 is 5.32 Å². The maximum absolute atomic E-state index is 10.1. The highest BCUT2D eigenvalue weighted by atomic mass is 16.5. The molecule has 2 rings (SSSR count). The molecule has 0 bridgehead atoms. The van der Waals surface area contributed by atoms with E-state index < -0.39 is 0 Å². The fraction of sp³-hybridized carbons (Fsp3) is 0.643. The molecule has 0 aromatic heterocycles. The van der Waals surface area contributed by atoms with Gasteiger partial charge in [0.25, 0.3) is 6.47 Å². The molecule has 6 nitrogen and oxygen atoms in total. The Hall–Kier alpha value is -1.69. The molecule has 0 saturated carbocycles. The van der Waals surface area contributed by atoms with Crippen LogP contribution in [0, 0.1) is 0 Å². The van der Waals surface area contributed by atoms with Gasteiger partial charge in [0, 0.05) is 20.0 Å². The van der Waals surface area contributed by atoms with Gasteiger partial charge < -0.3 is 9.84 Å². The molecule has 0 spiro atoms. The smallest absolute Gasteiger partial charge is 0.293 e. The van der Waals surface area contributed by atoms with Crippen molar-refractivity contribution in [1.29, 1.82) is 0 Å². The molecule has 20 heavy (non-hydrogen) atoms. The number of carbonyl (C=O) groups excluding carboxylic acids is 3.